The van der Waals surface area contributed by atoms with E-state index in [2.05, 4.69) is 4.98 Å². The zero-order chi connectivity index (χ0) is 15.0. The Balaban J connectivity index is 1.87. The fourth-order valence-electron chi connectivity index (χ4n) is 3.14. The number of nitrogens with one attached hydrogen (secondary N) is 1. The van der Waals surface area contributed by atoms with E-state index >= 15 is 0 Å². The number of H-pyrrole nitrogens is 1. The quantitative estimate of drug-likeness (QED) is 0.907. The molecular weight excluding hydrogens is 268 g/mol. The summed E-state index contributed by atoms with van der Waals surface area (Å²) in [5.41, 5.74) is 2.94. The molecule has 1 saturated heterocycles. The van der Waals surface area contributed by atoms with Crippen LogP contribution in [0.1, 0.15) is 24.1 Å². The van der Waals surface area contributed by atoms with Gasteiger partial charge in [0, 0.05) is 23.1 Å². The summed E-state index contributed by atoms with van der Waals surface area (Å²) >= 11 is 0. The molecule has 0 aliphatic carbocycles. The van der Waals surface area contributed by atoms with Gasteiger partial charge in [0.05, 0.1) is 6.42 Å². The Hall–Kier alpha value is -2.30. The van der Waals surface area contributed by atoms with Gasteiger partial charge >= 0.3 is 5.97 Å². The number of fused-ring (bicyclic) bond motifs is 1. The first-order valence-corrected chi connectivity index (χ1v) is 7.16. The largest absolute Gasteiger partial charge is 0.480 e. The number of carboxylic acids is 1. The fourth-order valence-corrected chi connectivity index (χ4v) is 3.14. The molecule has 0 radical (unpaired) electrons. The van der Waals surface area contributed by atoms with Crippen molar-refractivity contribution in [2.75, 3.05) is 6.54 Å². The molecule has 0 spiro atoms. The van der Waals surface area contributed by atoms with Crippen LogP contribution < -0.4 is 0 Å². The molecule has 1 fully saturated rings. The highest BCUT2D eigenvalue weighted by atomic mass is 16.4. The normalized spacial score (nSPS) is 18.3. The fraction of sp³-hybridized carbons (Fsp3) is 0.375. The van der Waals surface area contributed by atoms with E-state index in [1.165, 1.54) is 4.90 Å². The van der Waals surface area contributed by atoms with E-state index in [-0.39, 0.29) is 12.3 Å². The topological polar surface area (TPSA) is 73.4 Å². The van der Waals surface area contributed by atoms with E-state index in [0.29, 0.717) is 13.0 Å². The third kappa shape index (κ3) is 2.39. The minimum absolute atomic E-state index is 0.104. The number of aromatic nitrogens is 1. The zero-order valence-electron chi connectivity index (χ0n) is 11.9. The molecule has 21 heavy (non-hydrogen) atoms. The molecule has 1 aliphatic rings. The summed E-state index contributed by atoms with van der Waals surface area (Å²) in [6.07, 6.45) is 1.56. The first-order chi connectivity index (χ1) is 10.1. The lowest BCUT2D eigenvalue weighted by Gasteiger charge is -2.21. The smallest absolute Gasteiger partial charge is 0.326 e. The number of para-hydroxylation sites is 1. The number of aryl methyl sites for hydroxylation is 1. The molecule has 2 N–H and O–H groups in total. The molecule has 5 heteroatoms. The Labute approximate surface area is 122 Å². The standard InChI is InChI=1S/C16H18N2O3/c1-10-12(11-5-2-3-6-13(11)17-10)9-15(19)18-8-4-7-14(18)16(20)21/h2-3,5-6,14,17H,4,7-9H2,1H3,(H,20,21). The van der Waals surface area contributed by atoms with Gasteiger partial charge in [0.1, 0.15) is 6.04 Å². The van der Waals surface area contributed by atoms with Crippen molar-refractivity contribution in [3.05, 3.63) is 35.5 Å². The Morgan fingerprint density at radius 1 is 1.38 bits per heavy atom. The zero-order valence-corrected chi connectivity index (χ0v) is 11.9. The number of carboxylic acid groups (broad SMARTS) is 1. The van der Waals surface area contributed by atoms with Gasteiger partial charge in [-0.3, -0.25) is 4.79 Å². The summed E-state index contributed by atoms with van der Waals surface area (Å²) in [6.45, 7) is 2.48. The van der Waals surface area contributed by atoms with Gasteiger partial charge in [-0.1, -0.05) is 18.2 Å². The van der Waals surface area contributed by atoms with E-state index in [1.807, 2.05) is 31.2 Å². The van der Waals surface area contributed by atoms with Gasteiger partial charge in [0.15, 0.2) is 0 Å². The van der Waals surface area contributed by atoms with Crippen LogP contribution in [0.3, 0.4) is 0 Å². The lowest BCUT2D eigenvalue weighted by molar-refractivity contribution is -0.147. The number of aliphatic carboxylic acids is 1. The predicted octanol–water partition coefficient (Wildman–Crippen LogP) is 2.09. The van der Waals surface area contributed by atoms with E-state index < -0.39 is 12.0 Å². The van der Waals surface area contributed by atoms with Crippen LogP contribution in [0.2, 0.25) is 0 Å². The Morgan fingerprint density at radius 3 is 2.90 bits per heavy atom. The minimum Gasteiger partial charge on any atom is -0.480 e. The van der Waals surface area contributed by atoms with E-state index in [9.17, 15) is 14.7 Å². The highest BCUT2D eigenvalue weighted by Crippen LogP contribution is 2.25. The van der Waals surface area contributed by atoms with Crippen molar-refractivity contribution in [2.24, 2.45) is 0 Å². The molecule has 1 atom stereocenters. The molecule has 1 aromatic carbocycles. The lowest BCUT2D eigenvalue weighted by Crippen LogP contribution is -2.41. The maximum atomic E-state index is 12.5. The van der Waals surface area contributed by atoms with Crippen LogP contribution in [0.5, 0.6) is 0 Å². The summed E-state index contributed by atoms with van der Waals surface area (Å²) in [4.78, 5) is 28.4. The van der Waals surface area contributed by atoms with Gasteiger partial charge in [-0.2, -0.15) is 0 Å². The molecule has 1 amide bonds. The molecule has 5 nitrogen and oxygen atoms in total. The van der Waals surface area contributed by atoms with Gasteiger partial charge in [-0.15, -0.1) is 0 Å². The van der Waals surface area contributed by atoms with Crippen molar-refractivity contribution in [3.8, 4) is 0 Å². The number of hydrogen-bond donors (Lipinski definition) is 2. The molecule has 0 saturated carbocycles. The summed E-state index contributed by atoms with van der Waals surface area (Å²) in [5, 5.41) is 10.2. The average molecular weight is 286 g/mol. The number of carbonyl (C=O) groups is 2. The number of benzene rings is 1. The number of nitrogens with zero attached hydrogens (tertiary/aromatic N) is 1. The van der Waals surface area contributed by atoms with Gasteiger partial charge in [0.2, 0.25) is 5.91 Å². The number of amides is 1. The molecule has 1 unspecified atom stereocenters. The van der Waals surface area contributed by atoms with Crippen LogP contribution in [0.4, 0.5) is 0 Å². The van der Waals surface area contributed by atoms with Crippen LogP contribution in [-0.2, 0) is 16.0 Å². The molecule has 110 valence electrons. The van der Waals surface area contributed by atoms with E-state index in [1.54, 1.807) is 0 Å². The van der Waals surface area contributed by atoms with Gasteiger partial charge < -0.3 is 15.0 Å². The van der Waals surface area contributed by atoms with Crippen molar-refractivity contribution >= 4 is 22.8 Å². The third-order valence-electron chi connectivity index (χ3n) is 4.21. The van der Waals surface area contributed by atoms with Crippen LogP contribution in [0, 0.1) is 6.92 Å². The van der Waals surface area contributed by atoms with Gasteiger partial charge in [-0.25, -0.2) is 4.79 Å². The summed E-state index contributed by atoms with van der Waals surface area (Å²) in [6, 6.07) is 7.19. The third-order valence-corrected chi connectivity index (χ3v) is 4.21. The Bertz CT molecular complexity index is 705. The van der Waals surface area contributed by atoms with Gasteiger partial charge in [0.25, 0.3) is 0 Å². The number of rotatable bonds is 3. The monoisotopic (exact) mass is 286 g/mol. The molecule has 1 aliphatic heterocycles. The molecule has 3 rings (SSSR count). The number of likely N-dealkylation sites (tertiary alicyclic amines) is 1. The summed E-state index contributed by atoms with van der Waals surface area (Å²) < 4.78 is 0. The number of carbonyl (C=O) groups excluding carboxylic acids is 1. The van der Waals surface area contributed by atoms with Gasteiger partial charge in [-0.05, 0) is 31.4 Å². The molecule has 1 aromatic heterocycles. The SMILES string of the molecule is Cc1[nH]c2ccccc2c1CC(=O)N1CCCC1C(=O)O. The predicted molar refractivity (Wildman–Crippen MR) is 79.1 cm³/mol. The Kier molecular flexibility index (Phi) is 3.41. The van der Waals surface area contributed by atoms with Crippen LogP contribution in [-0.4, -0.2) is 39.5 Å². The lowest BCUT2D eigenvalue weighted by atomic mass is 10.1. The first kappa shape index (κ1) is 13.7. The van der Waals surface area contributed by atoms with Crippen molar-refractivity contribution in [3.63, 3.8) is 0 Å². The van der Waals surface area contributed by atoms with Crippen molar-refractivity contribution in [1.29, 1.82) is 0 Å². The second-order valence-corrected chi connectivity index (χ2v) is 5.53. The molecular formula is C16H18N2O3. The number of aromatic amines is 1. The maximum Gasteiger partial charge on any atom is 0.326 e. The summed E-state index contributed by atoms with van der Waals surface area (Å²) in [7, 11) is 0. The molecule has 0 bridgehead atoms. The van der Waals surface area contributed by atoms with Crippen molar-refractivity contribution in [2.45, 2.75) is 32.2 Å². The van der Waals surface area contributed by atoms with Crippen LogP contribution in [0.25, 0.3) is 10.9 Å². The average Bonchev–Trinajstić information content (AvgIpc) is 3.04. The first-order valence-electron chi connectivity index (χ1n) is 7.16. The van der Waals surface area contributed by atoms with Crippen LogP contribution in [0.15, 0.2) is 24.3 Å². The highest BCUT2D eigenvalue weighted by Gasteiger charge is 2.34. The van der Waals surface area contributed by atoms with Crippen molar-refractivity contribution < 1.29 is 14.7 Å². The second kappa shape index (κ2) is 5.24. The molecule has 2 heterocycles. The summed E-state index contributed by atoms with van der Waals surface area (Å²) in [5.74, 6) is -1.01. The van der Waals surface area contributed by atoms with Crippen LogP contribution >= 0.6 is 0 Å². The van der Waals surface area contributed by atoms with Crippen molar-refractivity contribution in [1.82, 2.24) is 9.88 Å². The molecule has 2 aromatic rings. The maximum absolute atomic E-state index is 12.5. The second-order valence-electron chi connectivity index (χ2n) is 5.53. The Morgan fingerprint density at radius 2 is 2.14 bits per heavy atom. The van der Waals surface area contributed by atoms with E-state index in [4.69, 9.17) is 0 Å². The van der Waals surface area contributed by atoms with E-state index in [0.717, 1.165) is 28.6 Å². The number of hydrogen-bond acceptors (Lipinski definition) is 2. The minimum atomic E-state index is -0.906. The highest BCUT2D eigenvalue weighted by molar-refractivity contribution is 5.91.